The molecule has 6 nitrogen and oxygen atoms in total. The first-order valence-corrected chi connectivity index (χ1v) is 9.46. The number of aromatic nitrogens is 4. The van der Waals surface area contributed by atoms with Crippen LogP contribution < -0.4 is 5.32 Å². The molecule has 4 rings (SSSR count). The fourth-order valence-corrected chi connectivity index (χ4v) is 4.04. The van der Waals surface area contributed by atoms with Gasteiger partial charge in [-0.2, -0.15) is 5.10 Å². The molecule has 2 heterocycles. The molecule has 2 aliphatic rings. The Bertz CT molecular complexity index is 737. The van der Waals surface area contributed by atoms with Crippen LogP contribution in [0.15, 0.2) is 18.6 Å². The summed E-state index contributed by atoms with van der Waals surface area (Å²) in [5.74, 6) is 1.51. The Hall–Kier alpha value is -2.11. The van der Waals surface area contributed by atoms with E-state index in [0.29, 0.717) is 5.92 Å². The van der Waals surface area contributed by atoms with Gasteiger partial charge in [0.25, 0.3) is 5.91 Å². The molecule has 0 atom stereocenters. The Morgan fingerprint density at radius 2 is 2.16 bits per heavy atom. The Morgan fingerprint density at radius 3 is 2.84 bits per heavy atom. The van der Waals surface area contributed by atoms with Crippen LogP contribution in [0.4, 0.5) is 0 Å². The second-order valence-corrected chi connectivity index (χ2v) is 7.82. The van der Waals surface area contributed by atoms with Gasteiger partial charge in [0.2, 0.25) is 0 Å². The van der Waals surface area contributed by atoms with Gasteiger partial charge in [-0.25, -0.2) is 4.98 Å². The van der Waals surface area contributed by atoms with E-state index in [1.54, 1.807) is 6.20 Å². The Kier molecular flexibility index (Phi) is 4.36. The molecule has 2 N–H and O–H groups in total. The molecule has 25 heavy (non-hydrogen) atoms. The quantitative estimate of drug-likeness (QED) is 0.847. The van der Waals surface area contributed by atoms with Crippen LogP contribution in [0.3, 0.4) is 0 Å². The lowest BCUT2D eigenvalue weighted by Gasteiger charge is -2.22. The van der Waals surface area contributed by atoms with Crippen molar-refractivity contribution < 1.29 is 4.79 Å². The number of aryl methyl sites for hydroxylation is 1. The third kappa shape index (κ3) is 3.48. The number of hydrogen-bond donors (Lipinski definition) is 2. The molecule has 2 aromatic heterocycles. The molecule has 0 aliphatic heterocycles. The first kappa shape index (κ1) is 16.4. The van der Waals surface area contributed by atoms with Crippen LogP contribution >= 0.6 is 0 Å². The fraction of sp³-hybridized carbons (Fsp3) is 0.632. The molecule has 2 fully saturated rings. The molecule has 6 heteroatoms. The summed E-state index contributed by atoms with van der Waals surface area (Å²) < 4.78 is 2.18. The minimum Gasteiger partial charge on any atom is -0.351 e. The molecule has 2 saturated carbocycles. The maximum Gasteiger partial charge on any atom is 0.254 e. The zero-order chi connectivity index (χ0) is 17.3. The molecule has 0 radical (unpaired) electrons. The number of rotatable bonds is 6. The van der Waals surface area contributed by atoms with Gasteiger partial charge in [-0.15, -0.1) is 0 Å². The van der Waals surface area contributed by atoms with Gasteiger partial charge in [0.15, 0.2) is 0 Å². The van der Waals surface area contributed by atoms with Crippen molar-refractivity contribution in [1.29, 1.82) is 0 Å². The largest absolute Gasteiger partial charge is 0.351 e. The zero-order valence-corrected chi connectivity index (χ0v) is 14.9. The second kappa shape index (κ2) is 6.65. The Balaban J connectivity index is 1.38. The predicted octanol–water partition coefficient (Wildman–Crippen LogP) is 3.17. The number of imidazole rings is 1. The normalized spacial score (nSPS) is 19.7. The maximum absolute atomic E-state index is 12.7. The predicted molar refractivity (Wildman–Crippen MR) is 95.4 cm³/mol. The Morgan fingerprint density at radius 1 is 1.36 bits per heavy atom. The van der Waals surface area contributed by atoms with Gasteiger partial charge < -0.3 is 9.88 Å². The van der Waals surface area contributed by atoms with E-state index in [1.807, 2.05) is 19.3 Å². The zero-order valence-electron chi connectivity index (χ0n) is 14.9. The van der Waals surface area contributed by atoms with E-state index in [2.05, 4.69) is 25.1 Å². The summed E-state index contributed by atoms with van der Waals surface area (Å²) in [6.45, 7) is 3.68. The number of amides is 1. The summed E-state index contributed by atoms with van der Waals surface area (Å²) >= 11 is 0. The molecule has 0 unspecified atom stereocenters. The van der Waals surface area contributed by atoms with Crippen molar-refractivity contribution in [1.82, 2.24) is 25.1 Å². The van der Waals surface area contributed by atoms with E-state index >= 15 is 0 Å². The summed E-state index contributed by atoms with van der Waals surface area (Å²) in [4.78, 5) is 17.0. The monoisotopic (exact) mass is 341 g/mol. The highest BCUT2D eigenvalue weighted by atomic mass is 16.1. The SMILES string of the molecule is Cc1nccn1CC1(CNC(=O)c2cn[nH]c2C2CCCCC2)CC1. The van der Waals surface area contributed by atoms with Crippen LogP contribution in [-0.2, 0) is 6.54 Å². The minimum absolute atomic E-state index is 0.0166. The third-order valence-electron chi connectivity index (χ3n) is 5.94. The van der Waals surface area contributed by atoms with Gasteiger partial charge in [0.1, 0.15) is 5.82 Å². The lowest BCUT2D eigenvalue weighted by atomic mass is 9.85. The lowest BCUT2D eigenvalue weighted by molar-refractivity contribution is 0.0941. The van der Waals surface area contributed by atoms with Crippen molar-refractivity contribution in [2.75, 3.05) is 6.54 Å². The summed E-state index contributed by atoms with van der Waals surface area (Å²) in [5, 5.41) is 10.4. The van der Waals surface area contributed by atoms with Gasteiger partial charge in [0.05, 0.1) is 17.5 Å². The average Bonchev–Trinajstić information content (AvgIpc) is 3.03. The number of nitrogens with one attached hydrogen (secondary N) is 2. The van der Waals surface area contributed by atoms with E-state index in [4.69, 9.17) is 0 Å². The van der Waals surface area contributed by atoms with Crippen molar-refractivity contribution in [2.45, 2.75) is 64.3 Å². The van der Waals surface area contributed by atoms with E-state index in [0.717, 1.165) is 55.9 Å². The van der Waals surface area contributed by atoms with E-state index in [-0.39, 0.29) is 11.3 Å². The van der Waals surface area contributed by atoms with Gasteiger partial charge >= 0.3 is 0 Å². The van der Waals surface area contributed by atoms with Crippen molar-refractivity contribution in [3.63, 3.8) is 0 Å². The second-order valence-electron chi connectivity index (χ2n) is 7.82. The van der Waals surface area contributed by atoms with Crippen LogP contribution in [0.2, 0.25) is 0 Å². The fourth-order valence-electron chi connectivity index (χ4n) is 4.04. The molecule has 134 valence electrons. The maximum atomic E-state index is 12.7. The molecule has 0 bridgehead atoms. The molecule has 0 spiro atoms. The van der Waals surface area contributed by atoms with Gasteiger partial charge in [-0.3, -0.25) is 9.89 Å². The summed E-state index contributed by atoms with van der Waals surface area (Å²) in [7, 11) is 0. The summed E-state index contributed by atoms with van der Waals surface area (Å²) in [6.07, 6.45) is 14.0. The van der Waals surface area contributed by atoms with Gasteiger partial charge in [-0.1, -0.05) is 19.3 Å². The first-order chi connectivity index (χ1) is 12.2. The summed E-state index contributed by atoms with van der Waals surface area (Å²) in [6, 6.07) is 0. The van der Waals surface area contributed by atoms with Gasteiger partial charge in [-0.05, 0) is 32.6 Å². The number of carbonyl (C=O) groups excluding carboxylic acids is 1. The third-order valence-corrected chi connectivity index (χ3v) is 5.94. The van der Waals surface area contributed by atoms with E-state index in [1.165, 1.54) is 19.3 Å². The highest BCUT2D eigenvalue weighted by Gasteiger charge is 2.43. The highest BCUT2D eigenvalue weighted by molar-refractivity contribution is 5.95. The van der Waals surface area contributed by atoms with Crippen LogP contribution in [-0.4, -0.2) is 32.2 Å². The number of H-pyrrole nitrogens is 1. The lowest BCUT2D eigenvalue weighted by Crippen LogP contribution is -2.33. The summed E-state index contributed by atoms with van der Waals surface area (Å²) in [5.41, 5.74) is 1.96. The number of nitrogens with zero attached hydrogens (tertiary/aromatic N) is 3. The molecule has 2 aliphatic carbocycles. The highest BCUT2D eigenvalue weighted by Crippen LogP contribution is 2.46. The van der Waals surface area contributed by atoms with Crippen LogP contribution in [0.5, 0.6) is 0 Å². The molecule has 0 aromatic carbocycles. The topological polar surface area (TPSA) is 75.6 Å². The van der Waals surface area contributed by atoms with Crippen molar-refractivity contribution >= 4 is 5.91 Å². The molecule has 1 amide bonds. The number of carbonyl (C=O) groups is 1. The smallest absolute Gasteiger partial charge is 0.254 e. The molecule has 0 saturated heterocycles. The van der Waals surface area contributed by atoms with Crippen molar-refractivity contribution in [3.8, 4) is 0 Å². The number of hydrogen-bond acceptors (Lipinski definition) is 3. The number of aromatic amines is 1. The Labute approximate surface area is 148 Å². The van der Waals surface area contributed by atoms with E-state index < -0.39 is 0 Å². The van der Waals surface area contributed by atoms with E-state index in [9.17, 15) is 4.79 Å². The minimum atomic E-state index is 0.0166. The van der Waals surface area contributed by atoms with Crippen molar-refractivity contribution in [3.05, 3.63) is 35.7 Å². The van der Waals surface area contributed by atoms with Crippen LogP contribution in [0, 0.1) is 12.3 Å². The molecular formula is C19H27N5O. The first-order valence-electron chi connectivity index (χ1n) is 9.46. The molecular weight excluding hydrogens is 314 g/mol. The standard InChI is InChI=1S/C19H27N5O/c1-14-20-9-10-24(14)13-19(7-8-19)12-21-18(25)16-11-22-23-17(16)15-5-3-2-4-6-15/h9-11,15H,2-8,12-13H2,1H3,(H,21,25)(H,22,23). The van der Waals surface area contributed by atoms with Crippen molar-refractivity contribution in [2.24, 2.45) is 5.41 Å². The van der Waals surface area contributed by atoms with Crippen LogP contribution in [0.25, 0.3) is 0 Å². The molecule has 2 aromatic rings. The van der Waals surface area contributed by atoms with Gasteiger partial charge in [0, 0.05) is 36.8 Å². The average molecular weight is 341 g/mol. The van der Waals surface area contributed by atoms with Crippen LogP contribution in [0.1, 0.15) is 72.7 Å².